The van der Waals surface area contributed by atoms with Gasteiger partial charge in [0.1, 0.15) is 0 Å². The Hall–Kier alpha value is -0.360. The molecule has 0 amide bonds. The van der Waals surface area contributed by atoms with E-state index >= 15 is 0 Å². The largest absolute Gasteiger partial charge is 0.370 e. The molecule has 0 aliphatic heterocycles. The normalized spacial score (nSPS) is 11.9. The van der Waals surface area contributed by atoms with E-state index in [4.69, 9.17) is 29.6 Å². The van der Waals surface area contributed by atoms with Crippen molar-refractivity contribution >= 4 is 44.8 Å². The van der Waals surface area contributed by atoms with Gasteiger partial charge in [-0.05, 0) is 34.5 Å². The van der Waals surface area contributed by atoms with Crippen LogP contribution in [0.3, 0.4) is 0 Å². The third kappa shape index (κ3) is 3.04. The highest BCUT2D eigenvalue weighted by Gasteiger charge is 2.10. The van der Waals surface area contributed by atoms with Crippen molar-refractivity contribution in [2.75, 3.05) is 5.32 Å². The maximum absolute atomic E-state index is 6.06. The summed E-state index contributed by atoms with van der Waals surface area (Å²) in [6, 6.07) is 3.65. The molecule has 4 heteroatoms. The van der Waals surface area contributed by atoms with E-state index in [0.29, 0.717) is 10.0 Å². The maximum atomic E-state index is 6.06. The third-order valence-electron chi connectivity index (χ3n) is 1.97. The molecule has 80 valence electrons. The molecule has 0 bridgehead atoms. The molecule has 1 unspecified atom stereocenters. The van der Waals surface area contributed by atoms with Crippen LogP contribution in [0.25, 0.3) is 0 Å². The summed E-state index contributed by atoms with van der Waals surface area (Å²) in [6.45, 7) is 2.01. The van der Waals surface area contributed by atoms with Crippen LogP contribution in [-0.2, 0) is 0 Å². The third-order valence-corrected chi connectivity index (χ3v) is 3.75. The lowest BCUT2D eigenvalue weighted by Gasteiger charge is -2.14. The molecule has 0 aliphatic rings. The van der Waals surface area contributed by atoms with Gasteiger partial charge in [0, 0.05) is 4.47 Å². The minimum absolute atomic E-state index is 0.0280. The standard InChI is InChI=1S/C11H10BrCl2N/c1-3-7(4-2)15-9-6-5-8(12)10(13)11(9)14/h1,5-7,15H,4H2,2H3. The van der Waals surface area contributed by atoms with Crippen molar-refractivity contribution in [1.29, 1.82) is 0 Å². The average Bonchev–Trinajstić information content (AvgIpc) is 2.25. The first-order valence-electron chi connectivity index (χ1n) is 4.46. The van der Waals surface area contributed by atoms with E-state index in [1.165, 1.54) is 0 Å². The Labute approximate surface area is 108 Å². The van der Waals surface area contributed by atoms with Crippen molar-refractivity contribution < 1.29 is 0 Å². The van der Waals surface area contributed by atoms with Crippen LogP contribution >= 0.6 is 39.1 Å². The molecule has 1 rings (SSSR count). The van der Waals surface area contributed by atoms with Crippen LogP contribution in [0.1, 0.15) is 13.3 Å². The van der Waals surface area contributed by atoms with Crippen molar-refractivity contribution in [3.8, 4) is 12.3 Å². The molecule has 0 aliphatic carbocycles. The first-order valence-corrected chi connectivity index (χ1v) is 6.01. The van der Waals surface area contributed by atoms with E-state index in [1.807, 2.05) is 19.1 Å². The molecule has 0 saturated carbocycles. The first kappa shape index (κ1) is 12.7. The van der Waals surface area contributed by atoms with Gasteiger partial charge in [0.15, 0.2) is 0 Å². The number of rotatable bonds is 3. The van der Waals surface area contributed by atoms with E-state index < -0.39 is 0 Å². The fourth-order valence-electron chi connectivity index (χ4n) is 1.09. The minimum atomic E-state index is -0.0280. The Bertz CT molecular complexity index is 398. The molecule has 0 aromatic heterocycles. The molecule has 1 nitrogen and oxygen atoms in total. The van der Waals surface area contributed by atoms with Crippen molar-refractivity contribution in [3.63, 3.8) is 0 Å². The van der Waals surface area contributed by atoms with Gasteiger partial charge in [-0.3, -0.25) is 0 Å². The second kappa shape index (κ2) is 5.65. The van der Waals surface area contributed by atoms with Gasteiger partial charge in [0.25, 0.3) is 0 Å². The van der Waals surface area contributed by atoms with Gasteiger partial charge in [-0.25, -0.2) is 0 Å². The van der Waals surface area contributed by atoms with Gasteiger partial charge in [0.2, 0.25) is 0 Å². The lowest BCUT2D eigenvalue weighted by molar-refractivity contribution is 0.858. The van der Waals surface area contributed by atoms with Gasteiger partial charge in [0.05, 0.1) is 21.8 Å². The zero-order valence-corrected chi connectivity index (χ0v) is 11.2. The van der Waals surface area contributed by atoms with Crippen LogP contribution in [0.2, 0.25) is 10.0 Å². The zero-order chi connectivity index (χ0) is 11.4. The van der Waals surface area contributed by atoms with E-state index in [2.05, 4.69) is 27.2 Å². The average molecular weight is 307 g/mol. The summed E-state index contributed by atoms with van der Waals surface area (Å²) in [4.78, 5) is 0. The second-order valence-corrected chi connectivity index (χ2v) is 4.61. The maximum Gasteiger partial charge on any atom is 0.0872 e. The number of terminal acetylenes is 1. The van der Waals surface area contributed by atoms with Gasteiger partial charge >= 0.3 is 0 Å². The van der Waals surface area contributed by atoms with E-state index in [9.17, 15) is 0 Å². The topological polar surface area (TPSA) is 12.0 Å². The first-order chi connectivity index (χ1) is 7.10. The smallest absolute Gasteiger partial charge is 0.0872 e. The van der Waals surface area contributed by atoms with Crippen molar-refractivity contribution in [3.05, 3.63) is 26.7 Å². The molecule has 15 heavy (non-hydrogen) atoms. The van der Waals surface area contributed by atoms with Gasteiger partial charge in [-0.2, -0.15) is 0 Å². The van der Waals surface area contributed by atoms with Crippen LogP contribution < -0.4 is 5.32 Å². The van der Waals surface area contributed by atoms with Crippen LogP contribution in [0.15, 0.2) is 16.6 Å². The SMILES string of the molecule is C#CC(CC)Nc1ccc(Br)c(Cl)c1Cl. The summed E-state index contributed by atoms with van der Waals surface area (Å²) in [5.74, 6) is 2.64. The van der Waals surface area contributed by atoms with E-state index in [0.717, 1.165) is 16.6 Å². The van der Waals surface area contributed by atoms with Crippen LogP contribution in [-0.4, -0.2) is 6.04 Å². The van der Waals surface area contributed by atoms with Crippen molar-refractivity contribution in [2.24, 2.45) is 0 Å². The summed E-state index contributed by atoms with van der Waals surface area (Å²) in [6.07, 6.45) is 6.19. The Kier molecular flexibility index (Phi) is 4.79. The molecular formula is C11H10BrCl2N. The quantitative estimate of drug-likeness (QED) is 0.636. The fraction of sp³-hybridized carbons (Fsp3) is 0.273. The van der Waals surface area contributed by atoms with Crippen LogP contribution in [0.4, 0.5) is 5.69 Å². The number of anilines is 1. The molecule has 1 aromatic carbocycles. The number of nitrogens with one attached hydrogen (secondary N) is 1. The predicted molar refractivity (Wildman–Crippen MR) is 70.7 cm³/mol. The Morgan fingerprint density at radius 3 is 2.67 bits per heavy atom. The summed E-state index contributed by atoms with van der Waals surface area (Å²) < 4.78 is 0.772. The summed E-state index contributed by atoms with van der Waals surface area (Å²) in [5.41, 5.74) is 0.759. The Morgan fingerprint density at radius 1 is 1.47 bits per heavy atom. The summed E-state index contributed by atoms with van der Waals surface area (Å²) in [7, 11) is 0. The summed E-state index contributed by atoms with van der Waals surface area (Å²) >= 11 is 15.3. The molecule has 0 radical (unpaired) electrons. The monoisotopic (exact) mass is 305 g/mol. The van der Waals surface area contributed by atoms with Crippen molar-refractivity contribution in [2.45, 2.75) is 19.4 Å². The minimum Gasteiger partial charge on any atom is -0.370 e. The summed E-state index contributed by atoms with van der Waals surface area (Å²) in [5, 5.41) is 4.12. The Morgan fingerprint density at radius 2 is 2.13 bits per heavy atom. The van der Waals surface area contributed by atoms with Crippen molar-refractivity contribution in [1.82, 2.24) is 0 Å². The number of hydrogen-bond acceptors (Lipinski definition) is 1. The highest BCUT2D eigenvalue weighted by molar-refractivity contribution is 9.10. The predicted octanol–water partition coefficient (Wildman–Crippen LogP) is 4.58. The van der Waals surface area contributed by atoms with Gasteiger partial charge in [-0.1, -0.05) is 36.0 Å². The fourth-order valence-corrected chi connectivity index (χ4v) is 1.92. The highest BCUT2D eigenvalue weighted by Crippen LogP contribution is 2.36. The highest BCUT2D eigenvalue weighted by atomic mass is 79.9. The van der Waals surface area contributed by atoms with Gasteiger partial charge in [-0.15, -0.1) is 6.42 Å². The zero-order valence-electron chi connectivity index (χ0n) is 8.15. The lowest BCUT2D eigenvalue weighted by Crippen LogP contribution is -2.15. The lowest BCUT2D eigenvalue weighted by atomic mass is 10.2. The Balaban J connectivity index is 2.97. The van der Waals surface area contributed by atoms with Crippen LogP contribution in [0, 0.1) is 12.3 Å². The molecule has 1 aromatic rings. The molecule has 0 heterocycles. The molecule has 0 spiro atoms. The van der Waals surface area contributed by atoms with E-state index in [1.54, 1.807) is 0 Å². The number of benzene rings is 1. The molecular weight excluding hydrogens is 297 g/mol. The van der Waals surface area contributed by atoms with Gasteiger partial charge < -0.3 is 5.32 Å². The molecule has 1 atom stereocenters. The molecule has 0 fully saturated rings. The second-order valence-electron chi connectivity index (χ2n) is 2.99. The van der Waals surface area contributed by atoms with E-state index in [-0.39, 0.29) is 6.04 Å². The van der Waals surface area contributed by atoms with Crippen LogP contribution in [0.5, 0.6) is 0 Å². The number of hydrogen-bond donors (Lipinski definition) is 1. The molecule has 1 N–H and O–H groups in total. The number of halogens is 3. The molecule has 0 saturated heterocycles.